The van der Waals surface area contributed by atoms with E-state index in [1.807, 2.05) is 20.8 Å². The monoisotopic (exact) mass is 260 g/mol. The van der Waals surface area contributed by atoms with Gasteiger partial charge in [0.1, 0.15) is 5.75 Å². The van der Waals surface area contributed by atoms with Gasteiger partial charge in [0.2, 0.25) is 0 Å². The van der Waals surface area contributed by atoms with E-state index in [2.05, 4.69) is 6.07 Å². The molecule has 0 aliphatic carbocycles. The fraction of sp³-hybridized carbons (Fsp3) is 0.467. The van der Waals surface area contributed by atoms with Gasteiger partial charge in [-0.05, 0) is 45.0 Å². The van der Waals surface area contributed by atoms with Gasteiger partial charge in [-0.2, -0.15) is 5.26 Å². The minimum atomic E-state index is -0.0479. The molecule has 1 amide bonds. The van der Waals surface area contributed by atoms with Crippen LogP contribution in [0.2, 0.25) is 0 Å². The van der Waals surface area contributed by atoms with Crippen LogP contribution in [-0.2, 0) is 0 Å². The molecule has 0 aromatic heterocycles. The molecule has 0 atom stereocenters. The normalized spacial score (nSPS) is 10.1. The Labute approximate surface area is 114 Å². The third-order valence-electron chi connectivity index (χ3n) is 2.76. The van der Waals surface area contributed by atoms with Crippen molar-refractivity contribution in [2.24, 2.45) is 0 Å². The predicted octanol–water partition coefficient (Wildman–Crippen LogP) is 2.85. The minimum absolute atomic E-state index is 0.0479. The molecule has 0 spiro atoms. The summed E-state index contributed by atoms with van der Waals surface area (Å²) >= 11 is 0. The zero-order valence-corrected chi connectivity index (χ0v) is 11.7. The zero-order valence-electron chi connectivity index (χ0n) is 11.7. The first-order chi connectivity index (χ1) is 9.10. The number of carbonyl (C=O) groups excluding carboxylic acids is 1. The number of amides is 1. The van der Waals surface area contributed by atoms with Crippen molar-refractivity contribution in [3.8, 4) is 11.8 Å². The molecule has 1 aromatic carbocycles. The number of ether oxygens (including phenoxy) is 1. The Balaban J connectivity index is 2.81. The fourth-order valence-corrected chi connectivity index (χ4v) is 1.79. The van der Waals surface area contributed by atoms with E-state index in [1.54, 1.807) is 29.2 Å². The molecule has 1 rings (SSSR count). The van der Waals surface area contributed by atoms with Crippen molar-refractivity contribution in [2.75, 3.05) is 13.2 Å². The molecule has 0 N–H and O–H groups in total. The third kappa shape index (κ3) is 4.29. The van der Waals surface area contributed by atoms with Crippen LogP contribution >= 0.6 is 0 Å². The average molecular weight is 260 g/mol. The third-order valence-corrected chi connectivity index (χ3v) is 2.76. The molecule has 4 heteroatoms. The van der Waals surface area contributed by atoms with E-state index in [0.717, 1.165) is 5.75 Å². The van der Waals surface area contributed by atoms with E-state index in [-0.39, 0.29) is 11.9 Å². The first-order valence-corrected chi connectivity index (χ1v) is 6.51. The van der Waals surface area contributed by atoms with E-state index in [1.165, 1.54) is 0 Å². The predicted molar refractivity (Wildman–Crippen MR) is 74.0 cm³/mol. The molecule has 0 bridgehead atoms. The van der Waals surface area contributed by atoms with Gasteiger partial charge in [-0.25, -0.2) is 0 Å². The first kappa shape index (κ1) is 15.0. The van der Waals surface area contributed by atoms with Crippen LogP contribution in [0, 0.1) is 11.3 Å². The lowest BCUT2D eigenvalue weighted by molar-refractivity contribution is 0.0710. The molecule has 102 valence electrons. The second-order valence-electron chi connectivity index (χ2n) is 4.46. The standard InChI is InChI=1S/C15H20N2O2/c1-4-19-14-8-6-13(7-9-14)15(18)17(12(2)3)11-5-10-16/h6-9,12H,4-5,11H2,1-3H3. The van der Waals surface area contributed by atoms with Crippen LogP contribution in [0.4, 0.5) is 0 Å². The van der Waals surface area contributed by atoms with Gasteiger partial charge in [-0.15, -0.1) is 0 Å². The maximum absolute atomic E-state index is 12.3. The number of rotatable bonds is 6. The summed E-state index contributed by atoms with van der Waals surface area (Å²) < 4.78 is 5.35. The largest absolute Gasteiger partial charge is 0.494 e. The SMILES string of the molecule is CCOc1ccc(C(=O)N(CCC#N)C(C)C)cc1. The van der Waals surface area contributed by atoms with Crippen molar-refractivity contribution in [3.63, 3.8) is 0 Å². The van der Waals surface area contributed by atoms with E-state index >= 15 is 0 Å². The summed E-state index contributed by atoms with van der Waals surface area (Å²) in [6.45, 7) is 6.88. The molecule has 19 heavy (non-hydrogen) atoms. The van der Waals surface area contributed by atoms with Crippen molar-refractivity contribution < 1.29 is 9.53 Å². The quantitative estimate of drug-likeness (QED) is 0.790. The molecule has 1 aromatic rings. The van der Waals surface area contributed by atoms with Crippen LogP contribution < -0.4 is 4.74 Å². The number of hydrogen-bond acceptors (Lipinski definition) is 3. The Morgan fingerprint density at radius 3 is 2.47 bits per heavy atom. The molecular weight excluding hydrogens is 240 g/mol. The lowest BCUT2D eigenvalue weighted by Crippen LogP contribution is -2.37. The maximum atomic E-state index is 12.3. The summed E-state index contributed by atoms with van der Waals surface area (Å²) in [5, 5.41) is 8.64. The van der Waals surface area contributed by atoms with Crippen LogP contribution in [0.25, 0.3) is 0 Å². The molecular formula is C15H20N2O2. The van der Waals surface area contributed by atoms with Crippen molar-refractivity contribution in [1.29, 1.82) is 5.26 Å². The van der Waals surface area contributed by atoms with Crippen molar-refractivity contribution in [2.45, 2.75) is 33.2 Å². The number of benzene rings is 1. The second-order valence-corrected chi connectivity index (χ2v) is 4.46. The lowest BCUT2D eigenvalue weighted by Gasteiger charge is -2.26. The highest BCUT2D eigenvalue weighted by Crippen LogP contribution is 2.15. The van der Waals surface area contributed by atoms with E-state index in [9.17, 15) is 4.79 Å². The average Bonchev–Trinajstić information content (AvgIpc) is 2.40. The fourth-order valence-electron chi connectivity index (χ4n) is 1.79. The van der Waals surface area contributed by atoms with Gasteiger partial charge < -0.3 is 9.64 Å². The molecule has 0 saturated carbocycles. The van der Waals surface area contributed by atoms with Crippen LogP contribution in [0.3, 0.4) is 0 Å². The summed E-state index contributed by atoms with van der Waals surface area (Å²) in [7, 11) is 0. The smallest absolute Gasteiger partial charge is 0.254 e. The van der Waals surface area contributed by atoms with Crippen molar-refractivity contribution in [3.05, 3.63) is 29.8 Å². The van der Waals surface area contributed by atoms with E-state index in [0.29, 0.717) is 25.1 Å². The Hall–Kier alpha value is -2.02. The molecule has 0 aliphatic heterocycles. The first-order valence-electron chi connectivity index (χ1n) is 6.51. The molecule has 0 radical (unpaired) electrons. The van der Waals surface area contributed by atoms with E-state index < -0.39 is 0 Å². The topological polar surface area (TPSA) is 53.3 Å². The number of nitrogens with zero attached hydrogens (tertiary/aromatic N) is 2. The summed E-state index contributed by atoms with van der Waals surface area (Å²) in [5.74, 6) is 0.709. The lowest BCUT2D eigenvalue weighted by atomic mass is 10.1. The van der Waals surface area contributed by atoms with Crippen molar-refractivity contribution in [1.82, 2.24) is 4.90 Å². The minimum Gasteiger partial charge on any atom is -0.494 e. The van der Waals surface area contributed by atoms with Gasteiger partial charge in [0, 0.05) is 18.2 Å². The molecule has 0 aliphatic rings. The summed E-state index contributed by atoms with van der Waals surface area (Å²) in [6.07, 6.45) is 0.348. The zero-order chi connectivity index (χ0) is 14.3. The van der Waals surface area contributed by atoms with Gasteiger partial charge in [-0.3, -0.25) is 4.79 Å². The Morgan fingerprint density at radius 2 is 2.00 bits per heavy atom. The number of nitriles is 1. The highest BCUT2D eigenvalue weighted by atomic mass is 16.5. The van der Waals surface area contributed by atoms with Gasteiger partial charge in [0.25, 0.3) is 5.91 Å². The van der Waals surface area contributed by atoms with Gasteiger partial charge in [0.05, 0.1) is 19.1 Å². The molecule has 4 nitrogen and oxygen atoms in total. The Kier molecular flexibility index (Phi) is 5.87. The van der Waals surface area contributed by atoms with Gasteiger partial charge in [-0.1, -0.05) is 0 Å². The van der Waals surface area contributed by atoms with Crippen LogP contribution in [0.1, 0.15) is 37.6 Å². The highest BCUT2D eigenvalue weighted by Gasteiger charge is 2.18. The number of hydrogen-bond donors (Lipinski definition) is 0. The molecule has 0 unspecified atom stereocenters. The van der Waals surface area contributed by atoms with Crippen LogP contribution in [-0.4, -0.2) is 30.0 Å². The number of carbonyl (C=O) groups is 1. The van der Waals surface area contributed by atoms with Gasteiger partial charge in [0.15, 0.2) is 0 Å². The van der Waals surface area contributed by atoms with Crippen LogP contribution in [0.5, 0.6) is 5.75 Å². The van der Waals surface area contributed by atoms with Crippen LogP contribution in [0.15, 0.2) is 24.3 Å². The summed E-state index contributed by atoms with van der Waals surface area (Å²) in [5.41, 5.74) is 0.620. The van der Waals surface area contributed by atoms with Gasteiger partial charge >= 0.3 is 0 Å². The van der Waals surface area contributed by atoms with E-state index in [4.69, 9.17) is 10.00 Å². The highest BCUT2D eigenvalue weighted by molar-refractivity contribution is 5.94. The molecule has 0 saturated heterocycles. The Bertz CT molecular complexity index is 446. The maximum Gasteiger partial charge on any atom is 0.254 e. The molecule has 0 fully saturated rings. The molecule has 0 heterocycles. The summed E-state index contributed by atoms with van der Waals surface area (Å²) in [6, 6.07) is 9.25. The summed E-state index contributed by atoms with van der Waals surface area (Å²) in [4.78, 5) is 14.0. The van der Waals surface area contributed by atoms with Crippen molar-refractivity contribution >= 4 is 5.91 Å². The Morgan fingerprint density at radius 1 is 1.37 bits per heavy atom. The second kappa shape index (κ2) is 7.42.